The van der Waals surface area contributed by atoms with Crippen LogP contribution < -0.4 is 5.73 Å². The van der Waals surface area contributed by atoms with Crippen LogP contribution in [0.1, 0.15) is 11.1 Å². The molecule has 0 radical (unpaired) electrons. The zero-order chi connectivity index (χ0) is 8.27. The lowest BCUT2D eigenvalue weighted by Gasteiger charge is -1.86. The molecule has 2 nitrogen and oxygen atoms in total. The number of hydrogen-bond donors (Lipinski definition) is 1. The summed E-state index contributed by atoms with van der Waals surface area (Å²) >= 11 is 1.61. The Bertz CT molecular complexity index is 288. The predicted octanol–water partition coefficient (Wildman–Crippen LogP) is 1.56. The van der Waals surface area contributed by atoms with E-state index in [1.165, 1.54) is 11.6 Å². The third kappa shape index (κ3) is 2.20. The highest BCUT2D eigenvalue weighted by molar-refractivity contribution is 7.08. The summed E-state index contributed by atoms with van der Waals surface area (Å²) in [4.78, 5) is 10.3. The third-order valence-electron chi connectivity index (χ3n) is 1.32. The Hall–Kier alpha value is -1.09. The monoisotopic (exact) mass is 167 g/mol. The maximum absolute atomic E-state index is 10.3. The summed E-state index contributed by atoms with van der Waals surface area (Å²) in [5.74, 6) is -0.407. The maximum Gasteiger partial charge on any atom is 0.241 e. The summed E-state index contributed by atoms with van der Waals surface area (Å²) in [6, 6.07) is 0. The van der Waals surface area contributed by atoms with Crippen LogP contribution in [0, 0.1) is 6.92 Å². The Morgan fingerprint density at radius 1 is 1.64 bits per heavy atom. The van der Waals surface area contributed by atoms with E-state index in [4.69, 9.17) is 5.73 Å². The van der Waals surface area contributed by atoms with Crippen molar-refractivity contribution < 1.29 is 4.79 Å². The van der Waals surface area contributed by atoms with Crippen LogP contribution >= 0.6 is 11.3 Å². The Labute approximate surface area is 69.3 Å². The van der Waals surface area contributed by atoms with Gasteiger partial charge in [-0.05, 0) is 34.9 Å². The fourth-order valence-corrected chi connectivity index (χ4v) is 1.53. The second-order valence-electron chi connectivity index (χ2n) is 2.25. The zero-order valence-electron chi connectivity index (χ0n) is 6.20. The lowest BCUT2D eigenvalue weighted by Crippen LogP contribution is -2.05. The molecule has 58 valence electrons. The number of thiophene rings is 1. The fraction of sp³-hybridized carbons (Fsp3) is 0.125. The molecule has 0 saturated heterocycles. The first kappa shape index (κ1) is 8.01. The van der Waals surface area contributed by atoms with Gasteiger partial charge in [-0.15, -0.1) is 0 Å². The van der Waals surface area contributed by atoms with E-state index in [0.717, 1.165) is 5.56 Å². The molecule has 1 amide bonds. The molecule has 1 aromatic rings. The van der Waals surface area contributed by atoms with Crippen LogP contribution in [0.4, 0.5) is 0 Å². The van der Waals surface area contributed by atoms with Crippen molar-refractivity contribution >= 4 is 23.3 Å². The molecule has 1 rings (SSSR count). The Kier molecular flexibility index (Phi) is 2.44. The minimum Gasteiger partial charge on any atom is -0.366 e. The smallest absolute Gasteiger partial charge is 0.241 e. The van der Waals surface area contributed by atoms with E-state index in [0.29, 0.717) is 0 Å². The lowest BCUT2D eigenvalue weighted by atomic mass is 10.2. The van der Waals surface area contributed by atoms with Gasteiger partial charge in [0.05, 0.1) is 0 Å². The molecule has 0 spiro atoms. The summed E-state index contributed by atoms with van der Waals surface area (Å²) in [5.41, 5.74) is 7.17. The molecule has 0 aliphatic carbocycles. The van der Waals surface area contributed by atoms with Gasteiger partial charge in [0.15, 0.2) is 0 Å². The van der Waals surface area contributed by atoms with Gasteiger partial charge in [-0.3, -0.25) is 4.79 Å². The van der Waals surface area contributed by atoms with Crippen LogP contribution in [-0.4, -0.2) is 5.91 Å². The highest BCUT2D eigenvalue weighted by Crippen LogP contribution is 2.14. The molecule has 1 aromatic heterocycles. The van der Waals surface area contributed by atoms with Crippen molar-refractivity contribution in [1.82, 2.24) is 0 Å². The van der Waals surface area contributed by atoms with Crippen molar-refractivity contribution in [2.75, 3.05) is 0 Å². The number of carbonyl (C=O) groups is 1. The molecule has 2 N–H and O–H groups in total. The SMILES string of the molecule is Cc1cscc1C=CC(N)=O. The number of primary amides is 1. The van der Waals surface area contributed by atoms with Crippen LogP contribution in [-0.2, 0) is 4.79 Å². The topological polar surface area (TPSA) is 43.1 Å². The molecular formula is C8H9NOS. The molecular weight excluding hydrogens is 158 g/mol. The van der Waals surface area contributed by atoms with Crippen molar-refractivity contribution in [3.8, 4) is 0 Å². The number of amides is 1. The van der Waals surface area contributed by atoms with Crippen LogP contribution in [0.15, 0.2) is 16.8 Å². The molecule has 1 heterocycles. The van der Waals surface area contributed by atoms with Crippen molar-refractivity contribution in [3.63, 3.8) is 0 Å². The van der Waals surface area contributed by atoms with Crippen LogP contribution in [0.3, 0.4) is 0 Å². The lowest BCUT2D eigenvalue weighted by molar-refractivity contribution is -0.113. The van der Waals surface area contributed by atoms with E-state index in [1.807, 2.05) is 17.7 Å². The second kappa shape index (κ2) is 3.34. The van der Waals surface area contributed by atoms with Crippen LogP contribution in [0.5, 0.6) is 0 Å². The number of carbonyl (C=O) groups excluding carboxylic acids is 1. The first-order valence-electron chi connectivity index (χ1n) is 3.20. The molecule has 0 aliphatic rings. The first-order chi connectivity index (χ1) is 5.20. The van der Waals surface area contributed by atoms with Crippen molar-refractivity contribution in [1.29, 1.82) is 0 Å². The molecule has 0 bridgehead atoms. The minimum absolute atomic E-state index is 0.407. The largest absolute Gasteiger partial charge is 0.366 e. The molecule has 0 unspecified atom stereocenters. The molecule has 0 aromatic carbocycles. The van der Waals surface area contributed by atoms with E-state index in [2.05, 4.69) is 0 Å². The summed E-state index contributed by atoms with van der Waals surface area (Å²) < 4.78 is 0. The van der Waals surface area contributed by atoms with Crippen LogP contribution in [0.2, 0.25) is 0 Å². The van der Waals surface area contributed by atoms with Gasteiger partial charge in [-0.2, -0.15) is 11.3 Å². The van der Waals surface area contributed by atoms with Gasteiger partial charge in [0.2, 0.25) is 5.91 Å². The van der Waals surface area contributed by atoms with Crippen molar-refractivity contribution in [2.24, 2.45) is 5.73 Å². The average Bonchev–Trinajstić information content (AvgIpc) is 2.31. The van der Waals surface area contributed by atoms with Crippen LogP contribution in [0.25, 0.3) is 6.08 Å². The van der Waals surface area contributed by atoms with Gasteiger partial charge >= 0.3 is 0 Å². The maximum atomic E-state index is 10.3. The average molecular weight is 167 g/mol. The number of nitrogens with two attached hydrogens (primary N) is 1. The third-order valence-corrected chi connectivity index (χ3v) is 2.20. The summed E-state index contributed by atoms with van der Waals surface area (Å²) in [7, 11) is 0. The van der Waals surface area contributed by atoms with Gasteiger partial charge < -0.3 is 5.73 Å². The minimum atomic E-state index is -0.407. The van der Waals surface area contributed by atoms with E-state index >= 15 is 0 Å². The quantitative estimate of drug-likeness (QED) is 0.667. The summed E-state index contributed by atoms with van der Waals surface area (Å²) in [6.45, 7) is 2.00. The molecule has 0 saturated carbocycles. The zero-order valence-corrected chi connectivity index (χ0v) is 7.02. The first-order valence-corrected chi connectivity index (χ1v) is 4.15. The highest BCUT2D eigenvalue weighted by Gasteiger charge is 1.93. The van der Waals surface area contributed by atoms with Gasteiger partial charge in [0, 0.05) is 6.08 Å². The van der Waals surface area contributed by atoms with E-state index in [9.17, 15) is 4.79 Å². The molecule has 0 fully saturated rings. The van der Waals surface area contributed by atoms with E-state index in [1.54, 1.807) is 17.4 Å². The predicted molar refractivity (Wildman–Crippen MR) is 47.3 cm³/mol. The number of hydrogen-bond acceptors (Lipinski definition) is 2. The van der Waals surface area contributed by atoms with E-state index < -0.39 is 5.91 Å². The van der Waals surface area contributed by atoms with Gasteiger partial charge in [-0.1, -0.05) is 0 Å². The number of rotatable bonds is 2. The second-order valence-corrected chi connectivity index (χ2v) is 2.99. The normalized spacial score (nSPS) is 10.6. The standard InChI is InChI=1S/C8H9NOS/c1-6-4-11-5-7(6)2-3-8(9)10/h2-5H,1H3,(H2,9,10). The summed E-state index contributed by atoms with van der Waals surface area (Å²) in [6.07, 6.45) is 3.10. The number of aryl methyl sites for hydroxylation is 1. The van der Waals surface area contributed by atoms with Gasteiger partial charge in [-0.25, -0.2) is 0 Å². The molecule has 0 aliphatic heterocycles. The van der Waals surface area contributed by atoms with Crippen molar-refractivity contribution in [3.05, 3.63) is 28.0 Å². The van der Waals surface area contributed by atoms with Crippen molar-refractivity contribution in [2.45, 2.75) is 6.92 Å². The highest BCUT2D eigenvalue weighted by atomic mass is 32.1. The van der Waals surface area contributed by atoms with E-state index in [-0.39, 0.29) is 0 Å². The molecule has 11 heavy (non-hydrogen) atoms. The summed E-state index contributed by atoms with van der Waals surface area (Å²) in [5, 5.41) is 4.01. The Morgan fingerprint density at radius 2 is 2.36 bits per heavy atom. The Morgan fingerprint density at radius 3 is 2.82 bits per heavy atom. The molecule has 3 heteroatoms. The Balaban J connectivity index is 2.79. The fourth-order valence-electron chi connectivity index (χ4n) is 0.713. The van der Waals surface area contributed by atoms with Gasteiger partial charge in [0.25, 0.3) is 0 Å². The molecule has 0 atom stereocenters. The van der Waals surface area contributed by atoms with Gasteiger partial charge in [0.1, 0.15) is 0 Å².